The Balaban J connectivity index is 1.36. The topological polar surface area (TPSA) is 24.9 Å². The van der Waals surface area contributed by atoms with Gasteiger partial charge < -0.3 is 5.32 Å². The van der Waals surface area contributed by atoms with Crippen LogP contribution in [0.15, 0.2) is 92.9 Å². The summed E-state index contributed by atoms with van der Waals surface area (Å²) in [6.07, 6.45) is 11.7. The number of rotatable bonds is 3. The fourth-order valence-electron chi connectivity index (χ4n) is 3.53. The van der Waals surface area contributed by atoms with E-state index in [2.05, 4.69) is 77.1 Å². The fourth-order valence-corrected chi connectivity index (χ4v) is 5.62. The van der Waals surface area contributed by atoms with Crippen molar-refractivity contribution in [1.29, 1.82) is 0 Å². The number of thiazole rings is 1. The highest BCUT2D eigenvalue weighted by Gasteiger charge is 2.16. The molecule has 2 nitrogen and oxygen atoms in total. The lowest BCUT2D eigenvalue weighted by Crippen LogP contribution is -1.98. The largest absolute Gasteiger partial charge is 0.349 e. The maximum Gasteiger partial charge on any atom is 0.117 e. The van der Waals surface area contributed by atoms with Gasteiger partial charge in [-0.2, -0.15) is 0 Å². The standard InChI is InChI=1S/C24H19ClN2S2/c25-24-16(12-14-22-26-18-8-1-3-10-20(18)28-22)6-5-7-17(24)13-15-23-27-19-9-2-4-11-21(19)29-23/h1-4,8-15,26H,5-7H2/b15-13+,16-12+,22-14-. The maximum absolute atomic E-state index is 6.75. The first kappa shape index (κ1) is 18.7. The Hall–Kier alpha value is -2.27. The molecule has 1 N–H and O–H groups in total. The SMILES string of the molecule is ClC1=C(/C=C/c2nc3ccccc3s2)CCC/C1=C\C=C1\Nc2ccccc2S1. The van der Waals surface area contributed by atoms with E-state index in [4.69, 9.17) is 11.6 Å². The van der Waals surface area contributed by atoms with Crippen molar-refractivity contribution in [2.45, 2.75) is 24.2 Å². The second-order valence-electron chi connectivity index (χ2n) is 6.99. The fraction of sp³-hybridized carbons (Fsp3) is 0.125. The van der Waals surface area contributed by atoms with Crippen LogP contribution in [0.5, 0.6) is 0 Å². The summed E-state index contributed by atoms with van der Waals surface area (Å²) >= 11 is 10.2. The van der Waals surface area contributed by atoms with Gasteiger partial charge >= 0.3 is 0 Å². The van der Waals surface area contributed by atoms with Crippen LogP contribution in [-0.4, -0.2) is 4.98 Å². The van der Waals surface area contributed by atoms with Crippen LogP contribution in [-0.2, 0) is 0 Å². The Kier molecular flexibility index (Phi) is 5.32. The van der Waals surface area contributed by atoms with Crippen molar-refractivity contribution >= 4 is 56.7 Å². The molecule has 1 aliphatic heterocycles. The number of aromatic nitrogens is 1. The zero-order valence-electron chi connectivity index (χ0n) is 15.7. The van der Waals surface area contributed by atoms with Gasteiger partial charge in [-0.1, -0.05) is 59.8 Å². The molecule has 0 unspecified atom stereocenters. The van der Waals surface area contributed by atoms with E-state index in [1.54, 1.807) is 23.1 Å². The van der Waals surface area contributed by atoms with E-state index < -0.39 is 0 Å². The smallest absolute Gasteiger partial charge is 0.117 e. The Labute approximate surface area is 183 Å². The Morgan fingerprint density at radius 2 is 1.83 bits per heavy atom. The first-order chi connectivity index (χ1) is 14.3. The number of anilines is 1. The number of thioether (sulfide) groups is 1. The highest BCUT2D eigenvalue weighted by molar-refractivity contribution is 8.03. The number of halogens is 1. The number of para-hydroxylation sites is 2. The van der Waals surface area contributed by atoms with Crippen molar-refractivity contribution in [3.63, 3.8) is 0 Å². The van der Waals surface area contributed by atoms with Crippen molar-refractivity contribution in [2.24, 2.45) is 0 Å². The first-order valence-electron chi connectivity index (χ1n) is 9.64. The van der Waals surface area contributed by atoms with Gasteiger partial charge in [0.05, 0.1) is 20.9 Å². The number of benzene rings is 2. The van der Waals surface area contributed by atoms with E-state index in [1.807, 2.05) is 6.07 Å². The van der Waals surface area contributed by atoms with Crippen molar-refractivity contribution in [1.82, 2.24) is 4.98 Å². The van der Waals surface area contributed by atoms with Gasteiger partial charge in [-0.3, -0.25) is 0 Å². The second-order valence-corrected chi connectivity index (χ2v) is 9.52. The summed E-state index contributed by atoms with van der Waals surface area (Å²) in [6, 6.07) is 16.6. The number of hydrogen-bond acceptors (Lipinski definition) is 4. The van der Waals surface area contributed by atoms with E-state index >= 15 is 0 Å². The molecule has 5 heteroatoms. The summed E-state index contributed by atoms with van der Waals surface area (Å²) in [7, 11) is 0. The minimum absolute atomic E-state index is 0.881. The van der Waals surface area contributed by atoms with Crippen LogP contribution in [0, 0.1) is 0 Å². The molecule has 1 aliphatic carbocycles. The van der Waals surface area contributed by atoms with Crippen molar-refractivity contribution in [3.05, 3.63) is 93.0 Å². The van der Waals surface area contributed by atoms with E-state index in [0.717, 1.165) is 39.8 Å². The molecule has 0 fully saturated rings. The molecule has 5 rings (SSSR count). The van der Waals surface area contributed by atoms with Crippen molar-refractivity contribution in [3.8, 4) is 0 Å². The molecule has 0 saturated heterocycles. The Morgan fingerprint density at radius 1 is 0.966 bits per heavy atom. The predicted molar refractivity (Wildman–Crippen MR) is 127 cm³/mol. The molecule has 2 aromatic carbocycles. The Bertz CT molecular complexity index is 1140. The van der Waals surface area contributed by atoms with Crippen LogP contribution in [0.25, 0.3) is 16.3 Å². The van der Waals surface area contributed by atoms with E-state index in [0.29, 0.717) is 0 Å². The van der Waals surface area contributed by atoms with E-state index in [9.17, 15) is 0 Å². The summed E-state index contributed by atoms with van der Waals surface area (Å²) in [5.41, 5.74) is 4.62. The summed E-state index contributed by atoms with van der Waals surface area (Å²) in [5, 5.41) is 6.50. The number of nitrogens with one attached hydrogen (secondary N) is 1. The molecule has 0 atom stereocenters. The normalized spacial score (nSPS) is 19.5. The molecule has 0 spiro atoms. The number of hydrogen-bond donors (Lipinski definition) is 1. The quantitative estimate of drug-likeness (QED) is 0.452. The lowest BCUT2D eigenvalue weighted by atomic mass is 9.94. The van der Waals surface area contributed by atoms with Gasteiger partial charge in [-0.15, -0.1) is 11.3 Å². The molecule has 0 saturated carbocycles. The van der Waals surface area contributed by atoms with Gasteiger partial charge in [0.15, 0.2) is 0 Å². The van der Waals surface area contributed by atoms with Gasteiger partial charge in [-0.05, 0) is 66.8 Å². The summed E-state index contributed by atoms with van der Waals surface area (Å²) in [4.78, 5) is 5.95. The third-order valence-corrected chi connectivity index (χ3v) is 7.52. The molecular weight excluding hydrogens is 416 g/mol. The molecule has 29 heavy (non-hydrogen) atoms. The highest BCUT2D eigenvalue weighted by Crippen LogP contribution is 2.41. The van der Waals surface area contributed by atoms with Crippen LogP contribution in [0.4, 0.5) is 5.69 Å². The molecule has 144 valence electrons. The van der Waals surface area contributed by atoms with Crippen LogP contribution in [0.1, 0.15) is 24.3 Å². The summed E-state index contributed by atoms with van der Waals surface area (Å²) in [6.45, 7) is 0. The molecule has 0 amide bonds. The van der Waals surface area contributed by atoms with Gasteiger partial charge in [0.1, 0.15) is 5.01 Å². The highest BCUT2D eigenvalue weighted by atomic mass is 35.5. The van der Waals surface area contributed by atoms with Crippen LogP contribution >= 0.6 is 34.7 Å². The summed E-state index contributed by atoms with van der Waals surface area (Å²) < 4.78 is 1.21. The molecule has 3 aromatic rings. The first-order valence-corrected chi connectivity index (χ1v) is 11.6. The molecule has 0 bridgehead atoms. The zero-order valence-corrected chi connectivity index (χ0v) is 18.1. The number of fused-ring (bicyclic) bond motifs is 2. The monoisotopic (exact) mass is 434 g/mol. The summed E-state index contributed by atoms with van der Waals surface area (Å²) in [5.74, 6) is 0. The zero-order chi connectivity index (χ0) is 19.6. The van der Waals surface area contributed by atoms with Crippen LogP contribution in [0.3, 0.4) is 0 Å². The van der Waals surface area contributed by atoms with Gasteiger partial charge in [-0.25, -0.2) is 4.98 Å². The minimum atomic E-state index is 0.881. The molecule has 1 aromatic heterocycles. The van der Waals surface area contributed by atoms with Crippen molar-refractivity contribution in [2.75, 3.05) is 5.32 Å². The van der Waals surface area contributed by atoms with E-state index in [-0.39, 0.29) is 0 Å². The van der Waals surface area contributed by atoms with Gasteiger partial charge in [0.2, 0.25) is 0 Å². The molecule has 2 heterocycles. The average molecular weight is 435 g/mol. The third-order valence-electron chi connectivity index (χ3n) is 4.99. The lowest BCUT2D eigenvalue weighted by molar-refractivity contribution is 0.792. The van der Waals surface area contributed by atoms with Crippen LogP contribution < -0.4 is 5.32 Å². The minimum Gasteiger partial charge on any atom is -0.349 e. The third kappa shape index (κ3) is 4.06. The van der Waals surface area contributed by atoms with Crippen molar-refractivity contribution < 1.29 is 0 Å². The average Bonchev–Trinajstić information content (AvgIpc) is 3.35. The number of allylic oxidation sites excluding steroid dienone is 6. The maximum atomic E-state index is 6.75. The molecular formula is C24H19ClN2S2. The van der Waals surface area contributed by atoms with Crippen LogP contribution in [0.2, 0.25) is 0 Å². The number of nitrogens with zero attached hydrogens (tertiary/aromatic N) is 1. The molecule has 0 radical (unpaired) electrons. The van der Waals surface area contributed by atoms with E-state index in [1.165, 1.54) is 26.4 Å². The van der Waals surface area contributed by atoms with Gasteiger partial charge in [0.25, 0.3) is 0 Å². The Morgan fingerprint density at radius 3 is 2.72 bits per heavy atom. The van der Waals surface area contributed by atoms with Gasteiger partial charge in [0, 0.05) is 9.93 Å². The molecule has 2 aliphatic rings. The second kappa shape index (κ2) is 8.23. The lowest BCUT2D eigenvalue weighted by Gasteiger charge is -2.16. The predicted octanol–water partition coefficient (Wildman–Crippen LogP) is 7.97.